The van der Waals surface area contributed by atoms with Crippen molar-refractivity contribution < 1.29 is 28.9 Å². The van der Waals surface area contributed by atoms with E-state index in [9.17, 15) is 14.7 Å². The predicted molar refractivity (Wildman–Crippen MR) is 78.0 cm³/mol. The third kappa shape index (κ3) is 4.43. The van der Waals surface area contributed by atoms with Gasteiger partial charge in [-0.1, -0.05) is 12.1 Å². The number of hydrogen-bond donors (Lipinski definition) is 1. The maximum Gasteiger partial charge on any atom is 0.377 e. The number of carbonyl (C=O) groups is 2. The quantitative estimate of drug-likeness (QED) is 0.352. The molecule has 1 N–H and O–H groups in total. The Labute approximate surface area is 131 Å². The number of carbonyl (C=O) groups excluding carboxylic acids is 1. The Bertz CT molecular complexity index is 635. The molecule has 0 radical (unpaired) electrons. The summed E-state index contributed by atoms with van der Waals surface area (Å²) >= 11 is 0.897. The van der Waals surface area contributed by atoms with Gasteiger partial charge in [-0.2, -0.15) is 5.26 Å². The summed E-state index contributed by atoms with van der Waals surface area (Å²) in [5.41, 5.74) is 0.273. The molecule has 0 heterocycles. The van der Waals surface area contributed by atoms with Gasteiger partial charge in [0, 0.05) is 5.75 Å². The average Bonchev–Trinajstić information content (AvgIpc) is 2.51. The molecular formula is C14H13NO6S. The molecule has 0 saturated heterocycles. The standard InChI is InChI=1S/C14H13NO6S/c1-19-6-11(14(18)20-2)21-10-5-3-4-9(7-22-8-15)12(10)13(16)17/h3-6H,7H2,1-2H3,(H,16,17)/b11-6+. The first-order valence-electron chi connectivity index (χ1n) is 5.90. The van der Waals surface area contributed by atoms with Crippen molar-refractivity contribution in [2.75, 3.05) is 14.2 Å². The second-order valence-corrected chi connectivity index (χ2v) is 4.55. The van der Waals surface area contributed by atoms with E-state index in [0.29, 0.717) is 5.56 Å². The van der Waals surface area contributed by atoms with Crippen LogP contribution in [0.1, 0.15) is 15.9 Å². The second kappa shape index (κ2) is 8.59. The molecule has 0 saturated carbocycles. The van der Waals surface area contributed by atoms with Crippen molar-refractivity contribution in [1.29, 1.82) is 5.26 Å². The fourth-order valence-corrected chi connectivity index (χ4v) is 2.04. The number of nitrogens with zero attached hydrogens (tertiary/aromatic N) is 1. The highest BCUT2D eigenvalue weighted by atomic mass is 32.2. The van der Waals surface area contributed by atoms with E-state index < -0.39 is 11.9 Å². The zero-order valence-electron chi connectivity index (χ0n) is 11.9. The van der Waals surface area contributed by atoms with Crippen molar-refractivity contribution in [3.63, 3.8) is 0 Å². The van der Waals surface area contributed by atoms with Gasteiger partial charge >= 0.3 is 11.9 Å². The molecule has 7 nitrogen and oxygen atoms in total. The SMILES string of the molecule is CO/C=C(/Oc1cccc(CSC#N)c1C(=O)O)C(=O)OC. The van der Waals surface area contributed by atoms with Gasteiger partial charge in [0.25, 0.3) is 0 Å². The number of methoxy groups -OCH3 is 2. The highest BCUT2D eigenvalue weighted by Gasteiger charge is 2.21. The molecule has 0 amide bonds. The third-order valence-corrected chi connectivity index (χ3v) is 3.03. The van der Waals surface area contributed by atoms with Gasteiger partial charge < -0.3 is 19.3 Å². The van der Waals surface area contributed by atoms with E-state index >= 15 is 0 Å². The lowest BCUT2D eigenvalue weighted by Crippen LogP contribution is -2.14. The van der Waals surface area contributed by atoms with Gasteiger partial charge in [-0.3, -0.25) is 0 Å². The monoisotopic (exact) mass is 323 g/mol. The molecule has 0 aliphatic rings. The smallest absolute Gasteiger partial charge is 0.377 e. The van der Waals surface area contributed by atoms with Crippen LogP contribution in [0, 0.1) is 10.7 Å². The topological polar surface area (TPSA) is 106 Å². The van der Waals surface area contributed by atoms with Crippen LogP contribution < -0.4 is 4.74 Å². The van der Waals surface area contributed by atoms with Crippen molar-refractivity contribution in [3.05, 3.63) is 41.3 Å². The molecule has 0 aliphatic heterocycles. The summed E-state index contributed by atoms with van der Waals surface area (Å²) in [6.07, 6.45) is 1.01. The maximum absolute atomic E-state index is 11.6. The van der Waals surface area contributed by atoms with Crippen LogP contribution in [-0.2, 0) is 20.0 Å². The number of thioether (sulfide) groups is 1. The summed E-state index contributed by atoms with van der Waals surface area (Å²) in [5, 5.41) is 19.8. The van der Waals surface area contributed by atoms with Crippen LogP contribution in [0.4, 0.5) is 0 Å². The maximum atomic E-state index is 11.6. The van der Waals surface area contributed by atoms with Gasteiger partial charge in [0.2, 0.25) is 5.76 Å². The summed E-state index contributed by atoms with van der Waals surface area (Å²) in [4.78, 5) is 23.0. The second-order valence-electron chi connectivity index (χ2n) is 3.79. The van der Waals surface area contributed by atoms with Gasteiger partial charge in [-0.05, 0) is 23.4 Å². The highest BCUT2D eigenvalue weighted by Crippen LogP contribution is 2.27. The molecule has 22 heavy (non-hydrogen) atoms. The Balaban J connectivity index is 3.23. The number of carboxylic acid groups (broad SMARTS) is 1. The van der Waals surface area contributed by atoms with Crippen molar-refractivity contribution in [3.8, 4) is 11.2 Å². The van der Waals surface area contributed by atoms with Crippen molar-refractivity contribution in [1.82, 2.24) is 0 Å². The van der Waals surface area contributed by atoms with Gasteiger partial charge in [0.05, 0.1) is 14.2 Å². The minimum Gasteiger partial charge on any atom is -0.500 e. The Morgan fingerprint density at radius 2 is 2.14 bits per heavy atom. The summed E-state index contributed by atoms with van der Waals surface area (Å²) in [7, 11) is 2.47. The lowest BCUT2D eigenvalue weighted by molar-refractivity contribution is -0.138. The first-order valence-corrected chi connectivity index (χ1v) is 6.88. The third-order valence-electron chi connectivity index (χ3n) is 2.45. The van der Waals surface area contributed by atoms with Crippen LogP contribution in [-0.4, -0.2) is 31.3 Å². The summed E-state index contributed by atoms with van der Waals surface area (Å²) in [6, 6.07) is 4.53. The lowest BCUT2D eigenvalue weighted by Gasteiger charge is -2.12. The highest BCUT2D eigenvalue weighted by molar-refractivity contribution is 8.02. The van der Waals surface area contributed by atoms with Gasteiger partial charge in [0.15, 0.2) is 0 Å². The number of rotatable bonds is 7. The molecule has 0 fully saturated rings. The molecule has 0 aromatic heterocycles. The van der Waals surface area contributed by atoms with E-state index in [4.69, 9.17) is 14.7 Å². The van der Waals surface area contributed by atoms with Gasteiger partial charge in [-0.15, -0.1) is 0 Å². The molecule has 0 aliphatic carbocycles. The Morgan fingerprint density at radius 3 is 2.68 bits per heavy atom. The minimum absolute atomic E-state index is 0.0442. The normalized spacial score (nSPS) is 10.5. The number of hydrogen-bond acceptors (Lipinski definition) is 7. The number of benzene rings is 1. The molecule has 116 valence electrons. The molecule has 0 spiro atoms. The number of nitriles is 1. The summed E-state index contributed by atoms with van der Waals surface area (Å²) in [5.74, 6) is -2.20. The molecular weight excluding hydrogens is 310 g/mol. The van der Waals surface area contributed by atoms with E-state index in [-0.39, 0.29) is 22.8 Å². The molecule has 1 rings (SSSR count). The molecule has 1 aromatic rings. The van der Waals surface area contributed by atoms with E-state index in [1.54, 1.807) is 12.1 Å². The van der Waals surface area contributed by atoms with Crippen LogP contribution in [0.25, 0.3) is 0 Å². The number of esters is 1. The fourth-order valence-electron chi connectivity index (χ4n) is 1.57. The van der Waals surface area contributed by atoms with Gasteiger partial charge in [-0.25, -0.2) is 9.59 Å². The van der Waals surface area contributed by atoms with Crippen LogP contribution in [0.2, 0.25) is 0 Å². The van der Waals surface area contributed by atoms with Crippen molar-refractivity contribution in [2.24, 2.45) is 0 Å². The predicted octanol–water partition coefficient (Wildman–Crippen LogP) is 2.14. The molecule has 8 heteroatoms. The number of ether oxygens (including phenoxy) is 3. The van der Waals surface area contributed by atoms with E-state index in [2.05, 4.69) is 4.74 Å². The van der Waals surface area contributed by atoms with E-state index in [0.717, 1.165) is 25.1 Å². The lowest BCUT2D eigenvalue weighted by atomic mass is 10.1. The molecule has 0 atom stereocenters. The van der Waals surface area contributed by atoms with E-state index in [1.807, 2.05) is 5.40 Å². The van der Waals surface area contributed by atoms with Crippen molar-refractivity contribution >= 4 is 23.7 Å². The Hall–Kier alpha value is -2.66. The van der Waals surface area contributed by atoms with Crippen LogP contribution in [0.15, 0.2) is 30.2 Å². The van der Waals surface area contributed by atoms with Crippen molar-refractivity contribution in [2.45, 2.75) is 5.75 Å². The van der Waals surface area contributed by atoms with Crippen LogP contribution in [0.3, 0.4) is 0 Å². The zero-order valence-corrected chi connectivity index (χ0v) is 12.7. The minimum atomic E-state index is -1.23. The van der Waals surface area contributed by atoms with Gasteiger partial charge in [0.1, 0.15) is 23.0 Å². The fraction of sp³-hybridized carbons (Fsp3) is 0.214. The number of aromatic carboxylic acids is 1. The summed E-state index contributed by atoms with van der Waals surface area (Å²) in [6.45, 7) is 0. The summed E-state index contributed by atoms with van der Waals surface area (Å²) < 4.78 is 14.5. The average molecular weight is 323 g/mol. The Kier molecular flexibility index (Phi) is 6.79. The Morgan fingerprint density at radius 1 is 1.41 bits per heavy atom. The number of thiocyanates is 1. The molecule has 1 aromatic carbocycles. The number of carboxylic acids is 1. The zero-order chi connectivity index (χ0) is 16.5. The first-order chi connectivity index (χ1) is 10.5. The van der Waals surface area contributed by atoms with Crippen LogP contribution in [0.5, 0.6) is 5.75 Å². The molecule has 0 bridgehead atoms. The molecule has 0 unspecified atom stereocenters. The van der Waals surface area contributed by atoms with E-state index in [1.165, 1.54) is 13.2 Å². The van der Waals surface area contributed by atoms with Crippen LogP contribution >= 0.6 is 11.8 Å². The first kappa shape index (κ1) is 17.4. The largest absolute Gasteiger partial charge is 0.500 e.